The molecule has 8 nitrogen and oxygen atoms in total. The molecule has 2 aromatic carbocycles. The number of hydrogen-bond donors (Lipinski definition) is 1. The maximum absolute atomic E-state index is 16.2. The van der Waals surface area contributed by atoms with Crippen molar-refractivity contribution in [2.24, 2.45) is 0 Å². The Hall–Kier alpha value is -3.30. The van der Waals surface area contributed by atoms with Crippen molar-refractivity contribution in [1.82, 2.24) is 15.1 Å². The van der Waals surface area contributed by atoms with Gasteiger partial charge in [0, 0.05) is 50.8 Å². The fraction of sp³-hybridized carbons (Fsp3) is 0.400. The monoisotopic (exact) mass is 488 g/mol. The molecule has 0 saturated carbocycles. The zero-order chi connectivity index (χ0) is 42.4. The highest BCUT2D eigenvalue weighted by molar-refractivity contribution is 6.05. The van der Waals surface area contributed by atoms with Gasteiger partial charge in [-0.15, -0.1) is 0 Å². The molecule has 2 saturated heterocycles. The molecule has 178 valence electrons. The number of carbonyl (C=O) groups is 3. The van der Waals surface area contributed by atoms with Crippen LogP contribution in [0.3, 0.4) is 0 Å². The van der Waals surface area contributed by atoms with Crippen LogP contribution in [0.25, 0.3) is 0 Å². The molecule has 9 heteroatoms. The largest absolute Gasteiger partial charge is 0.488 e. The number of nitrogens with zero attached hydrogens (tertiary/aromatic N) is 2. The number of amides is 3. The SMILES string of the molecule is [2H]c1c([2H])c(OC([2H])([2H])c2c([2H])c([2H])c(C([2H])([2H])N3C([2H])([2H])C([2H])([2H])OC([2H])([2H])C3([2H])[2H])c([2H])c2F)c2c(c1[2H])C(=O)N(C1([2H])CCC(=O)NC1=O)C2([2H])[2H]. The van der Waals surface area contributed by atoms with Gasteiger partial charge in [0.25, 0.3) is 5.91 Å². The first-order valence-electron chi connectivity index (χ1n) is 19.9. The molecule has 2 aromatic rings. The number of hydrogen-bond acceptors (Lipinski definition) is 6. The summed E-state index contributed by atoms with van der Waals surface area (Å²) >= 11 is 0. The maximum atomic E-state index is 16.2. The number of ether oxygens (including phenoxy) is 2. The van der Waals surface area contributed by atoms with Crippen LogP contribution in [0.4, 0.5) is 4.39 Å². The lowest BCUT2D eigenvalue weighted by molar-refractivity contribution is -0.136. The Kier molecular flexibility index (Phi) is 2.44. The summed E-state index contributed by atoms with van der Waals surface area (Å²) in [5.74, 6) is -7.66. The van der Waals surface area contributed by atoms with E-state index < -0.39 is 157 Å². The number of morpholine rings is 1. The molecule has 2 fully saturated rings. The molecule has 3 amide bonds. The predicted molar refractivity (Wildman–Crippen MR) is 119 cm³/mol. The highest BCUT2D eigenvalue weighted by Crippen LogP contribution is 2.34. The molecule has 3 aliphatic rings. The lowest BCUT2D eigenvalue weighted by atomic mass is 10.0. The van der Waals surface area contributed by atoms with Gasteiger partial charge in [0.15, 0.2) is 0 Å². The molecule has 1 unspecified atom stereocenters. The average molecular weight is 489 g/mol. The second-order valence-electron chi connectivity index (χ2n) is 6.65. The summed E-state index contributed by atoms with van der Waals surface area (Å²) in [6.07, 6.45) is -1.35. The first kappa shape index (κ1) is 8.73. The average Bonchev–Trinajstić information content (AvgIpc) is 3.22. The van der Waals surface area contributed by atoms with Crippen molar-refractivity contribution in [2.75, 3.05) is 26.1 Å². The highest BCUT2D eigenvalue weighted by Gasteiger charge is 2.40. The zero-order valence-corrected chi connectivity index (χ0v) is 16.7. The van der Waals surface area contributed by atoms with E-state index in [1.54, 1.807) is 5.32 Å². The van der Waals surface area contributed by atoms with E-state index in [-0.39, 0.29) is 4.90 Å². The minimum Gasteiger partial charge on any atom is -0.488 e. The Morgan fingerprint density at radius 2 is 2.09 bits per heavy atom. The standard InChI is InChI=1S/C25H26FN3O5/c26-20-12-16(13-28-8-10-33-11-9-28)4-5-17(20)15-34-22-3-1-2-18-19(22)14-29(25(18)32)21-6-7-23(30)27-24(21)31/h1-5,12,21H,6-11,13-15H2,(H,27,30,31)/i1D,2D,3D,4D,5D,8D2,9D2,10D2,11D2,12D,13D2,14D2,15D2,21D. The molecule has 1 N–H and O–H groups in total. The molecule has 1 atom stereocenters. The summed E-state index contributed by atoms with van der Waals surface area (Å²) < 4.78 is 200. The second kappa shape index (κ2) is 9.52. The molecule has 34 heavy (non-hydrogen) atoms. The van der Waals surface area contributed by atoms with Crippen LogP contribution in [-0.4, -0.2) is 59.7 Å². The number of carbonyl (C=O) groups excluding carboxylic acids is 3. The van der Waals surface area contributed by atoms with E-state index in [0.717, 1.165) is 0 Å². The van der Waals surface area contributed by atoms with E-state index in [2.05, 4.69) is 4.74 Å². The van der Waals surface area contributed by atoms with Crippen LogP contribution < -0.4 is 10.1 Å². The lowest BCUT2D eigenvalue weighted by Gasteiger charge is -2.29. The molecule has 5 rings (SSSR count). The first-order chi connectivity index (χ1) is 24.6. The van der Waals surface area contributed by atoms with E-state index in [1.807, 2.05) is 0 Å². The van der Waals surface area contributed by atoms with Crippen LogP contribution in [0, 0.1) is 5.82 Å². The van der Waals surface area contributed by atoms with Crippen molar-refractivity contribution in [1.29, 1.82) is 0 Å². The third-order valence-corrected chi connectivity index (χ3v) is 4.52. The van der Waals surface area contributed by atoms with Gasteiger partial charge in [-0.25, -0.2) is 4.39 Å². The van der Waals surface area contributed by atoms with E-state index in [1.165, 1.54) is 0 Å². The van der Waals surface area contributed by atoms with Crippen molar-refractivity contribution < 1.29 is 57.0 Å². The number of imide groups is 1. The van der Waals surface area contributed by atoms with E-state index in [0.29, 0.717) is 0 Å². The normalized spacial score (nSPS) is 40.3. The number of piperidine rings is 1. The minimum atomic E-state index is -4.12. The molecule has 3 aliphatic heterocycles. The number of fused-ring (bicyclic) bond motifs is 1. The van der Waals surface area contributed by atoms with Gasteiger partial charge in [-0.3, -0.25) is 24.6 Å². The fourth-order valence-corrected chi connectivity index (χ4v) is 2.99. The molecule has 0 radical (unpaired) electrons. The summed E-state index contributed by atoms with van der Waals surface area (Å²) in [4.78, 5) is 37.4. The van der Waals surface area contributed by atoms with Crippen LogP contribution in [-0.2, 0) is 33.9 Å². The Labute approximate surface area is 226 Å². The quantitative estimate of drug-likeness (QED) is 0.626. The Balaban J connectivity index is 1.69. The minimum absolute atomic E-state index is 0.0311. The summed E-state index contributed by atoms with van der Waals surface area (Å²) in [6, 6.07) is -11.9. The summed E-state index contributed by atoms with van der Waals surface area (Å²) in [5, 5.41) is 1.77. The smallest absolute Gasteiger partial charge is 0.255 e. The van der Waals surface area contributed by atoms with Crippen molar-refractivity contribution in [3.8, 4) is 5.75 Å². The van der Waals surface area contributed by atoms with Crippen LogP contribution in [0.2, 0.25) is 0 Å². The van der Waals surface area contributed by atoms with Crippen LogP contribution in [0.5, 0.6) is 5.75 Å². The van der Waals surface area contributed by atoms with Gasteiger partial charge in [0.2, 0.25) is 11.8 Å². The Bertz CT molecular complexity index is 2030. The molecule has 0 spiro atoms. The van der Waals surface area contributed by atoms with Crippen molar-refractivity contribution in [2.45, 2.75) is 38.4 Å². The molecule has 0 aliphatic carbocycles. The first-order valence-corrected chi connectivity index (χ1v) is 9.42. The van der Waals surface area contributed by atoms with Gasteiger partial charge in [-0.1, -0.05) is 18.1 Å². The lowest BCUT2D eigenvalue weighted by Crippen LogP contribution is -2.52. The number of rotatable bonds is 6. The second-order valence-corrected chi connectivity index (χ2v) is 6.65. The summed E-state index contributed by atoms with van der Waals surface area (Å²) in [5.41, 5.74) is -5.83. The third kappa shape index (κ3) is 4.53. The van der Waals surface area contributed by atoms with Crippen LogP contribution >= 0.6 is 0 Å². The van der Waals surface area contributed by atoms with Crippen molar-refractivity contribution in [3.05, 3.63) is 64.3 Å². The van der Waals surface area contributed by atoms with Gasteiger partial charge in [0.1, 0.15) is 24.1 Å². The van der Waals surface area contributed by atoms with E-state index in [4.69, 9.17) is 33.5 Å². The molecule has 0 aromatic heterocycles. The Morgan fingerprint density at radius 3 is 2.88 bits per heavy atom. The van der Waals surface area contributed by atoms with Gasteiger partial charge in [0.05, 0.1) is 40.2 Å². The third-order valence-electron chi connectivity index (χ3n) is 4.52. The van der Waals surface area contributed by atoms with Crippen LogP contribution in [0.1, 0.15) is 68.7 Å². The van der Waals surface area contributed by atoms with E-state index in [9.17, 15) is 14.4 Å². The highest BCUT2D eigenvalue weighted by atomic mass is 19.1. The maximum Gasteiger partial charge on any atom is 0.255 e. The predicted octanol–water partition coefficient (Wildman–Crippen LogP) is 2.00. The van der Waals surface area contributed by atoms with Gasteiger partial charge in [-0.05, 0) is 30.1 Å². The van der Waals surface area contributed by atoms with Crippen molar-refractivity contribution in [3.63, 3.8) is 0 Å². The zero-order valence-electron chi connectivity index (χ0n) is 37.7. The summed E-state index contributed by atoms with van der Waals surface area (Å²) in [7, 11) is 0. The fourth-order valence-electron chi connectivity index (χ4n) is 2.99. The topological polar surface area (TPSA) is 88.2 Å². The van der Waals surface area contributed by atoms with Gasteiger partial charge < -0.3 is 14.4 Å². The molecule has 0 bridgehead atoms. The molecule has 3 heterocycles. The number of halogens is 1. The number of benzene rings is 2. The number of nitrogens with one attached hydrogen (secondary N) is 1. The van der Waals surface area contributed by atoms with Gasteiger partial charge in [-0.2, -0.15) is 0 Å². The van der Waals surface area contributed by atoms with Gasteiger partial charge >= 0.3 is 0 Å². The molecular weight excluding hydrogens is 441 g/mol. The van der Waals surface area contributed by atoms with Crippen molar-refractivity contribution >= 4 is 17.7 Å². The molecular formula is C25H26FN3O5. The van der Waals surface area contributed by atoms with Crippen LogP contribution in [0.15, 0.2) is 36.3 Å². The Morgan fingerprint density at radius 1 is 1.26 bits per heavy atom. The summed E-state index contributed by atoms with van der Waals surface area (Å²) in [6.45, 7) is -27.3. The van der Waals surface area contributed by atoms with E-state index >= 15 is 4.39 Å².